The molecule has 3 rings (SSSR count). The molecule has 0 radical (unpaired) electrons. The molecule has 26 heavy (non-hydrogen) atoms. The van der Waals surface area contributed by atoms with E-state index in [2.05, 4.69) is 9.96 Å². The molecule has 0 amide bonds. The molecular formula is C19H17N4O3+. The Kier molecular flexibility index (Phi) is 4.26. The van der Waals surface area contributed by atoms with Crippen LogP contribution < -0.4 is 5.43 Å². The number of aromatic nitrogens is 2. The number of benzene rings is 1. The Morgan fingerprint density at radius 1 is 1.23 bits per heavy atom. The van der Waals surface area contributed by atoms with Crippen LogP contribution in [0.15, 0.2) is 35.3 Å². The van der Waals surface area contributed by atoms with Crippen molar-refractivity contribution >= 4 is 22.6 Å². The molecule has 0 unspecified atom stereocenters. The summed E-state index contributed by atoms with van der Waals surface area (Å²) in [7, 11) is 0. The van der Waals surface area contributed by atoms with Gasteiger partial charge in [0, 0.05) is 30.2 Å². The number of fused-ring (bicyclic) bond motifs is 1. The first-order chi connectivity index (χ1) is 12.3. The van der Waals surface area contributed by atoms with E-state index >= 15 is 0 Å². The number of rotatable bonds is 3. The van der Waals surface area contributed by atoms with E-state index in [9.17, 15) is 20.1 Å². The number of diazo groups is 1. The molecule has 2 heterocycles. The molecule has 1 N–H and O–H groups in total. The third-order valence-electron chi connectivity index (χ3n) is 4.27. The molecule has 1 aromatic carbocycles. The van der Waals surface area contributed by atoms with Gasteiger partial charge in [-0.2, -0.15) is 0 Å². The van der Waals surface area contributed by atoms with Crippen LogP contribution in [0, 0.1) is 19.2 Å². The van der Waals surface area contributed by atoms with Gasteiger partial charge in [0.15, 0.2) is 4.98 Å². The summed E-state index contributed by atoms with van der Waals surface area (Å²) in [4.78, 5) is 31.5. The summed E-state index contributed by atoms with van der Waals surface area (Å²) in [5.74, 6) is -1.29. The molecular weight excluding hydrogens is 332 g/mol. The van der Waals surface area contributed by atoms with E-state index < -0.39 is 11.4 Å². The Morgan fingerprint density at radius 3 is 2.42 bits per heavy atom. The summed E-state index contributed by atoms with van der Waals surface area (Å²) in [6, 6.07) is 6.90. The van der Waals surface area contributed by atoms with Gasteiger partial charge in [0.25, 0.3) is 0 Å². The molecule has 0 bridgehead atoms. The van der Waals surface area contributed by atoms with Gasteiger partial charge < -0.3 is 9.67 Å². The minimum absolute atomic E-state index is 0.199. The molecule has 0 spiro atoms. The van der Waals surface area contributed by atoms with Crippen LogP contribution in [0.25, 0.3) is 27.0 Å². The molecule has 0 atom stereocenters. The average molecular weight is 349 g/mol. The van der Waals surface area contributed by atoms with Gasteiger partial charge in [-0.05, 0) is 44.5 Å². The van der Waals surface area contributed by atoms with E-state index in [0.29, 0.717) is 17.6 Å². The first-order valence-electron chi connectivity index (χ1n) is 8.11. The van der Waals surface area contributed by atoms with Crippen LogP contribution in [-0.4, -0.2) is 20.6 Å². The molecule has 0 aliphatic rings. The number of aromatic carboxylic acids is 1. The van der Waals surface area contributed by atoms with Gasteiger partial charge in [-0.3, -0.25) is 9.78 Å². The van der Waals surface area contributed by atoms with Crippen molar-refractivity contribution in [2.45, 2.75) is 27.3 Å². The van der Waals surface area contributed by atoms with Gasteiger partial charge in [0.1, 0.15) is 5.56 Å². The highest BCUT2D eigenvalue weighted by atomic mass is 16.4. The zero-order chi connectivity index (χ0) is 19.0. The molecule has 0 saturated heterocycles. The highest BCUT2D eigenvalue weighted by Crippen LogP contribution is 2.34. The van der Waals surface area contributed by atoms with Crippen molar-refractivity contribution in [3.8, 4) is 11.1 Å². The molecule has 3 aromatic rings. The number of hydrogen-bond donors (Lipinski definition) is 1. The number of nitrogens with zero attached hydrogens (tertiary/aromatic N) is 4. The van der Waals surface area contributed by atoms with Gasteiger partial charge in [0.2, 0.25) is 10.8 Å². The standard InChI is InChI=1S/C19H16N4O3/c1-4-23-9-15(19(25)26)18(24)14-7-16(22-20)13(8-17(14)23)12-5-10(2)21-11(3)6-12/h5-9H,4H2,1-3H3/p+1. The maximum absolute atomic E-state index is 12.5. The zero-order valence-electron chi connectivity index (χ0n) is 14.6. The number of hydrogen-bond acceptors (Lipinski definition) is 4. The summed E-state index contributed by atoms with van der Waals surface area (Å²) in [5.41, 5.74) is 2.95. The van der Waals surface area contributed by atoms with Crippen LogP contribution in [0.3, 0.4) is 0 Å². The van der Waals surface area contributed by atoms with Crippen molar-refractivity contribution in [1.82, 2.24) is 9.55 Å². The van der Waals surface area contributed by atoms with Crippen LogP contribution in [0.2, 0.25) is 0 Å². The summed E-state index contributed by atoms with van der Waals surface area (Å²) < 4.78 is 1.70. The van der Waals surface area contributed by atoms with Gasteiger partial charge in [-0.15, -0.1) is 0 Å². The number of pyridine rings is 2. The Hall–Kier alpha value is -3.53. The van der Waals surface area contributed by atoms with E-state index in [-0.39, 0.29) is 16.6 Å². The first kappa shape index (κ1) is 17.3. The van der Waals surface area contributed by atoms with Gasteiger partial charge in [0.05, 0.1) is 16.5 Å². The predicted molar refractivity (Wildman–Crippen MR) is 98.3 cm³/mol. The van der Waals surface area contributed by atoms with Gasteiger partial charge >= 0.3 is 11.7 Å². The molecule has 0 fully saturated rings. The van der Waals surface area contributed by atoms with Crippen LogP contribution in [0.1, 0.15) is 28.7 Å². The fourth-order valence-corrected chi connectivity index (χ4v) is 3.14. The largest absolute Gasteiger partial charge is 0.477 e. The molecule has 0 aliphatic carbocycles. The Balaban J connectivity index is 2.44. The molecule has 0 aliphatic heterocycles. The number of aryl methyl sites for hydroxylation is 3. The molecule has 130 valence electrons. The lowest BCUT2D eigenvalue weighted by Gasteiger charge is -2.11. The zero-order valence-corrected chi connectivity index (χ0v) is 14.6. The fraction of sp³-hybridized carbons (Fsp3) is 0.211. The lowest BCUT2D eigenvalue weighted by molar-refractivity contribution is 0.0695. The molecule has 0 saturated carbocycles. The van der Waals surface area contributed by atoms with E-state index in [1.807, 2.05) is 32.9 Å². The van der Waals surface area contributed by atoms with Crippen molar-refractivity contribution in [2.75, 3.05) is 0 Å². The summed E-state index contributed by atoms with van der Waals surface area (Å²) >= 11 is 0. The maximum atomic E-state index is 12.5. The van der Waals surface area contributed by atoms with Gasteiger partial charge in [-0.25, -0.2) is 4.79 Å². The monoisotopic (exact) mass is 349 g/mol. The smallest absolute Gasteiger partial charge is 0.393 e. The van der Waals surface area contributed by atoms with E-state index in [1.54, 1.807) is 10.6 Å². The van der Waals surface area contributed by atoms with Crippen molar-refractivity contribution in [2.24, 2.45) is 0 Å². The minimum atomic E-state index is -1.29. The SMILES string of the molecule is CCn1cc(C(=O)O)c(=O)c2cc([N+]#N)c(-c3cc(C)nc(C)c3)cc21. The fourth-order valence-electron chi connectivity index (χ4n) is 3.14. The normalized spacial score (nSPS) is 10.7. The maximum Gasteiger partial charge on any atom is 0.393 e. The van der Waals surface area contributed by atoms with Crippen LogP contribution in [0.4, 0.5) is 5.69 Å². The lowest BCUT2D eigenvalue weighted by Crippen LogP contribution is -2.18. The van der Waals surface area contributed by atoms with Crippen LogP contribution in [0.5, 0.6) is 0 Å². The van der Waals surface area contributed by atoms with Crippen LogP contribution in [-0.2, 0) is 6.54 Å². The number of carboxylic acid groups (broad SMARTS) is 1. The molecule has 7 heteroatoms. The van der Waals surface area contributed by atoms with E-state index in [1.165, 1.54) is 12.3 Å². The minimum Gasteiger partial charge on any atom is -0.477 e. The third kappa shape index (κ3) is 2.82. The Bertz CT molecular complexity index is 1140. The van der Waals surface area contributed by atoms with Crippen molar-refractivity contribution < 1.29 is 9.90 Å². The quantitative estimate of drug-likeness (QED) is 0.723. The van der Waals surface area contributed by atoms with E-state index in [4.69, 9.17) is 0 Å². The average Bonchev–Trinajstić information content (AvgIpc) is 2.60. The molecule has 7 nitrogen and oxygen atoms in total. The second-order valence-corrected chi connectivity index (χ2v) is 6.09. The van der Waals surface area contributed by atoms with Gasteiger partial charge in [-0.1, -0.05) is 0 Å². The summed E-state index contributed by atoms with van der Waals surface area (Å²) in [5, 5.41) is 18.9. The Labute approximate surface area is 149 Å². The predicted octanol–water partition coefficient (Wildman–Crippen LogP) is 3.88. The lowest BCUT2D eigenvalue weighted by atomic mass is 9.99. The van der Waals surface area contributed by atoms with Crippen molar-refractivity contribution in [1.29, 1.82) is 5.39 Å². The highest BCUT2D eigenvalue weighted by Gasteiger charge is 2.22. The van der Waals surface area contributed by atoms with Crippen molar-refractivity contribution in [3.63, 3.8) is 0 Å². The second-order valence-electron chi connectivity index (χ2n) is 6.09. The molecule has 2 aromatic heterocycles. The number of carbonyl (C=O) groups is 1. The van der Waals surface area contributed by atoms with E-state index in [0.717, 1.165) is 17.0 Å². The Morgan fingerprint density at radius 2 is 1.88 bits per heavy atom. The second kappa shape index (κ2) is 6.41. The first-order valence-corrected chi connectivity index (χ1v) is 8.11. The van der Waals surface area contributed by atoms with Crippen LogP contribution >= 0.6 is 0 Å². The highest BCUT2D eigenvalue weighted by molar-refractivity contribution is 5.97. The number of carboxylic acids is 1. The summed E-state index contributed by atoms with van der Waals surface area (Å²) in [6.07, 6.45) is 1.34. The summed E-state index contributed by atoms with van der Waals surface area (Å²) in [6.45, 7) is 6.09. The third-order valence-corrected chi connectivity index (χ3v) is 4.27. The topological polar surface area (TPSA) is 100 Å². The van der Waals surface area contributed by atoms with Crippen molar-refractivity contribution in [3.05, 3.63) is 62.6 Å².